The van der Waals surface area contributed by atoms with Gasteiger partial charge in [-0.1, -0.05) is 11.8 Å². The van der Waals surface area contributed by atoms with E-state index in [-0.39, 0.29) is 17.2 Å². The second kappa shape index (κ2) is 11.3. The molecule has 4 saturated carbocycles. The van der Waals surface area contributed by atoms with Crippen molar-refractivity contribution in [2.24, 2.45) is 17.8 Å². The van der Waals surface area contributed by atoms with E-state index >= 15 is 0 Å². The minimum atomic E-state index is -0.763. The zero-order chi connectivity index (χ0) is 28.6. The number of hydrogen-bond acceptors (Lipinski definition) is 9. The Morgan fingerprint density at radius 3 is 2.08 bits per heavy atom. The van der Waals surface area contributed by atoms with Crippen molar-refractivity contribution in [2.45, 2.75) is 56.9 Å². The lowest BCUT2D eigenvalue weighted by molar-refractivity contribution is -0.136. The summed E-state index contributed by atoms with van der Waals surface area (Å²) in [5, 5.41) is 17.5. The van der Waals surface area contributed by atoms with Crippen LogP contribution in [0.4, 0.5) is 0 Å². The molecule has 1 aliphatic heterocycles. The Kier molecular flexibility index (Phi) is 7.96. The molecule has 0 aromatic heterocycles. The van der Waals surface area contributed by atoms with Gasteiger partial charge in [-0.3, -0.25) is 4.79 Å². The highest BCUT2D eigenvalue weighted by molar-refractivity contribution is 8.03. The zero-order valence-corrected chi connectivity index (χ0v) is 24.5. The number of carbonyl (C=O) groups is 2. The molecule has 6 rings (SSSR count). The lowest BCUT2D eigenvalue weighted by atomic mass is 9.53. The molecule has 0 spiro atoms. The molecule has 1 aromatic carbocycles. The molecule has 1 heterocycles. The number of esters is 1. The largest absolute Gasteiger partial charge is 0.493 e. The van der Waals surface area contributed by atoms with E-state index in [1.54, 1.807) is 19.1 Å². The quantitative estimate of drug-likeness (QED) is 0.419. The molecule has 214 valence electrons. The van der Waals surface area contributed by atoms with E-state index in [1.165, 1.54) is 59.5 Å². The van der Waals surface area contributed by atoms with Gasteiger partial charge in [0.2, 0.25) is 11.7 Å². The van der Waals surface area contributed by atoms with Gasteiger partial charge in [0.15, 0.2) is 11.5 Å². The van der Waals surface area contributed by atoms with Crippen LogP contribution in [0.3, 0.4) is 0 Å². The average Bonchev–Trinajstić information content (AvgIpc) is 2.93. The topological polar surface area (TPSA) is 119 Å². The van der Waals surface area contributed by atoms with Gasteiger partial charge in [0.05, 0.1) is 62.4 Å². The first-order valence-electron chi connectivity index (χ1n) is 13.7. The van der Waals surface area contributed by atoms with Crippen LogP contribution in [-0.2, 0) is 14.3 Å². The number of allylic oxidation sites excluding steroid dienone is 2. The number of hydrogen-bond donors (Lipinski definition) is 2. The highest BCUT2D eigenvalue weighted by Crippen LogP contribution is 2.55. The van der Waals surface area contributed by atoms with Gasteiger partial charge in [-0.05, 0) is 80.9 Å². The zero-order valence-electron chi connectivity index (χ0n) is 23.7. The van der Waals surface area contributed by atoms with Crippen LogP contribution in [0.15, 0.2) is 34.0 Å². The van der Waals surface area contributed by atoms with Gasteiger partial charge in [-0.25, -0.2) is 4.79 Å². The molecule has 9 nitrogen and oxygen atoms in total. The average molecular weight is 568 g/mol. The Labute approximate surface area is 239 Å². The Hall–Kier alpha value is -3.32. The van der Waals surface area contributed by atoms with Crippen LogP contribution in [-0.4, -0.2) is 51.6 Å². The Morgan fingerprint density at radius 1 is 1.02 bits per heavy atom. The molecule has 1 amide bonds. The molecule has 1 aromatic rings. The molecule has 4 aliphatic carbocycles. The second-order valence-electron chi connectivity index (χ2n) is 11.4. The smallest absolute Gasteiger partial charge is 0.336 e. The molecule has 1 atom stereocenters. The highest BCUT2D eigenvalue weighted by atomic mass is 32.2. The molecule has 0 radical (unpaired) electrons. The molecule has 40 heavy (non-hydrogen) atoms. The molecule has 4 bridgehead atoms. The van der Waals surface area contributed by atoms with Crippen molar-refractivity contribution in [3.05, 3.63) is 39.6 Å². The summed E-state index contributed by atoms with van der Waals surface area (Å²) in [6.07, 6.45) is 7.15. The number of nitrogens with one attached hydrogen (secondary N) is 2. The van der Waals surface area contributed by atoms with Crippen molar-refractivity contribution in [1.29, 1.82) is 5.26 Å². The van der Waals surface area contributed by atoms with Crippen LogP contribution in [0.5, 0.6) is 17.2 Å². The summed E-state index contributed by atoms with van der Waals surface area (Å²) in [6.45, 7) is 1.77. The van der Waals surface area contributed by atoms with Crippen LogP contribution in [0, 0.1) is 29.1 Å². The Morgan fingerprint density at radius 2 is 1.60 bits per heavy atom. The van der Waals surface area contributed by atoms with Crippen molar-refractivity contribution in [2.75, 3.05) is 34.2 Å². The van der Waals surface area contributed by atoms with Crippen LogP contribution in [0.25, 0.3) is 0 Å². The summed E-state index contributed by atoms with van der Waals surface area (Å²) < 4.78 is 21.6. The summed E-state index contributed by atoms with van der Waals surface area (Å²) in [7, 11) is 5.84. The van der Waals surface area contributed by atoms with Crippen LogP contribution in [0.2, 0.25) is 0 Å². The van der Waals surface area contributed by atoms with Crippen LogP contribution >= 0.6 is 11.8 Å². The van der Waals surface area contributed by atoms with Gasteiger partial charge in [0.1, 0.15) is 0 Å². The van der Waals surface area contributed by atoms with Crippen molar-refractivity contribution in [1.82, 2.24) is 10.6 Å². The number of rotatable bonds is 9. The normalized spacial score (nSPS) is 28.5. The van der Waals surface area contributed by atoms with Gasteiger partial charge >= 0.3 is 5.97 Å². The number of nitrogens with zero attached hydrogens (tertiary/aromatic N) is 1. The summed E-state index contributed by atoms with van der Waals surface area (Å²) >= 11 is 1.28. The number of thioether (sulfide) groups is 1. The number of carbonyl (C=O) groups excluding carboxylic acids is 2. The molecule has 1 unspecified atom stereocenters. The molecule has 4 fully saturated rings. The van der Waals surface area contributed by atoms with Crippen LogP contribution in [0.1, 0.15) is 56.9 Å². The fourth-order valence-electron chi connectivity index (χ4n) is 7.74. The first-order valence-corrected chi connectivity index (χ1v) is 14.7. The third-order valence-electron chi connectivity index (χ3n) is 8.86. The third kappa shape index (κ3) is 5.12. The van der Waals surface area contributed by atoms with Crippen molar-refractivity contribution < 1.29 is 28.5 Å². The Balaban J connectivity index is 1.43. The molecule has 10 heteroatoms. The Bertz CT molecular complexity index is 1250. The fourth-order valence-corrected chi connectivity index (χ4v) is 8.63. The summed E-state index contributed by atoms with van der Waals surface area (Å²) in [6, 6.07) is 5.75. The van der Waals surface area contributed by atoms with Crippen LogP contribution < -0.4 is 24.8 Å². The van der Waals surface area contributed by atoms with Gasteiger partial charge < -0.3 is 29.6 Å². The summed E-state index contributed by atoms with van der Waals surface area (Å²) in [5.41, 5.74) is 1.69. The fraction of sp³-hybridized carbons (Fsp3) is 0.567. The maximum atomic E-state index is 13.3. The molecule has 5 aliphatic rings. The second-order valence-corrected chi connectivity index (χ2v) is 12.4. The molecular weight excluding hydrogens is 530 g/mol. The van der Waals surface area contributed by atoms with E-state index in [4.69, 9.17) is 18.9 Å². The van der Waals surface area contributed by atoms with E-state index in [0.29, 0.717) is 44.7 Å². The van der Waals surface area contributed by atoms with Crippen molar-refractivity contribution in [3.8, 4) is 23.3 Å². The van der Waals surface area contributed by atoms with Crippen molar-refractivity contribution >= 4 is 23.6 Å². The maximum Gasteiger partial charge on any atom is 0.336 e. The predicted octanol–water partition coefficient (Wildman–Crippen LogP) is 4.40. The molecular formula is C30H37N3O6S. The van der Waals surface area contributed by atoms with Gasteiger partial charge in [-0.2, -0.15) is 5.26 Å². The number of ether oxygens (including phenoxy) is 4. The minimum absolute atomic E-state index is 0.0247. The number of methoxy groups -OCH3 is 4. The minimum Gasteiger partial charge on any atom is -0.493 e. The lowest BCUT2D eigenvalue weighted by Gasteiger charge is -2.56. The van der Waals surface area contributed by atoms with E-state index in [9.17, 15) is 14.9 Å². The molecule has 0 saturated heterocycles. The van der Waals surface area contributed by atoms with Gasteiger partial charge in [0, 0.05) is 11.2 Å². The van der Waals surface area contributed by atoms with E-state index < -0.39 is 11.9 Å². The third-order valence-corrected chi connectivity index (χ3v) is 9.88. The summed E-state index contributed by atoms with van der Waals surface area (Å²) in [5.74, 6) is 2.23. The van der Waals surface area contributed by atoms with E-state index in [1.807, 2.05) is 0 Å². The van der Waals surface area contributed by atoms with E-state index in [0.717, 1.165) is 37.0 Å². The number of benzene rings is 1. The number of nitriles is 1. The monoisotopic (exact) mass is 567 g/mol. The van der Waals surface area contributed by atoms with E-state index in [2.05, 4.69) is 16.7 Å². The lowest BCUT2D eigenvalue weighted by Crippen LogP contribution is -2.60. The maximum absolute atomic E-state index is 13.3. The number of amides is 1. The predicted molar refractivity (Wildman–Crippen MR) is 151 cm³/mol. The highest BCUT2D eigenvalue weighted by Gasteiger charge is 2.51. The van der Waals surface area contributed by atoms with Gasteiger partial charge in [0.25, 0.3) is 0 Å². The number of dihydropyridines is 1. The standard InChI is InChI=1S/C30H37N3O6S/c1-16-25(29(35)39-5)26(20-9-22(36-2)27(38-4)23(10-20)37-3)21(14-31)28(32-16)40-15-24(34)33-30-11-17-6-18(12-30)8-19(7-17)13-30/h9-10,17-19,26,32H,6-8,11-13,15H2,1-5H3,(H,33,34). The first-order chi connectivity index (χ1) is 19.2. The molecule has 2 N–H and O–H groups in total. The summed E-state index contributed by atoms with van der Waals surface area (Å²) in [4.78, 5) is 26.2. The van der Waals surface area contributed by atoms with Gasteiger partial charge in [-0.15, -0.1) is 0 Å². The van der Waals surface area contributed by atoms with Crippen molar-refractivity contribution in [3.63, 3.8) is 0 Å². The first kappa shape index (κ1) is 28.2. The SMILES string of the molecule is COC(=O)C1=C(C)NC(SCC(=O)NC23CC4CC(CC(C4)C2)C3)=C(C#N)C1c1cc(OC)c(OC)c(OC)c1.